The van der Waals surface area contributed by atoms with Crippen LogP contribution in [0.15, 0.2) is 48.5 Å². The molecular weight excluding hydrogens is 324 g/mol. The van der Waals surface area contributed by atoms with Gasteiger partial charge in [-0.1, -0.05) is 65.7 Å². The van der Waals surface area contributed by atoms with Crippen molar-refractivity contribution in [1.29, 1.82) is 0 Å². The summed E-state index contributed by atoms with van der Waals surface area (Å²) in [4.78, 5) is 0.198. The number of ether oxygens (including phenoxy) is 1. The third-order valence-corrected chi connectivity index (χ3v) is 4.39. The minimum atomic E-state index is 0.197. The van der Waals surface area contributed by atoms with Gasteiger partial charge in [0.25, 0.3) is 0 Å². The van der Waals surface area contributed by atoms with Crippen molar-refractivity contribution in [2.75, 3.05) is 0 Å². The van der Waals surface area contributed by atoms with Crippen molar-refractivity contribution < 1.29 is 4.74 Å². The summed E-state index contributed by atoms with van der Waals surface area (Å²) in [5, 5.41) is 0. The number of hydrogen-bond acceptors (Lipinski definition) is 1. The van der Waals surface area contributed by atoms with Crippen LogP contribution in [0, 0.1) is 0 Å². The number of aryl methyl sites for hydroxylation is 1. The lowest BCUT2D eigenvalue weighted by molar-refractivity contribution is 0.242. The minimum absolute atomic E-state index is 0.197. The molecule has 0 saturated carbocycles. The van der Waals surface area contributed by atoms with Crippen molar-refractivity contribution in [3.05, 3.63) is 65.2 Å². The zero-order valence-electron chi connectivity index (χ0n) is 13.0. The summed E-state index contributed by atoms with van der Waals surface area (Å²) < 4.78 is 5.77. The fraction of sp³-hybridized carbons (Fsp3) is 0.368. The van der Waals surface area contributed by atoms with E-state index in [9.17, 15) is 0 Å². The highest BCUT2D eigenvalue weighted by molar-refractivity contribution is 9.09. The van der Waals surface area contributed by atoms with E-state index in [-0.39, 0.29) is 10.9 Å². The van der Waals surface area contributed by atoms with Crippen molar-refractivity contribution in [1.82, 2.24) is 0 Å². The molecule has 0 aliphatic carbocycles. The average molecular weight is 347 g/mol. The zero-order valence-corrected chi connectivity index (χ0v) is 14.6. The van der Waals surface area contributed by atoms with Crippen LogP contribution in [0.4, 0.5) is 0 Å². The second-order valence-corrected chi connectivity index (χ2v) is 6.51. The standard InChI is InChI=1S/C19H23BrO/c1-4-6-15-9-11-16(12-10-15)19(20)17-7-5-8-18(13-17)21-14(2)3/h5,7-14,19H,4,6H2,1-3H3. The first-order valence-corrected chi connectivity index (χ1v) is 8.51. The van der Waals surface area contributed by atoms with Crippen molar-refractivity contribution >= 4 is 15.9 Å². The Morgan fingerprint density at radius 3 is 2.33 bits per heavy atom. The molecule has 0 radical (unpaired) electrons. The first-order chi connectivity index (χ1) is 10.1. The van der Waals surface area contributed by atoms with E-state index in [1.54, 1.807) is 0 Å². The SMILES string of the molecule is CCCc1ccc(C(Br)c2cccc(OC(C)C)c2)cc1. The highest BCUT2D eigenvalue weighted by atomic mass is 79.9. The van der Waals surface area contributed by atoms with Crippen LogP contribution in [0.3, 0.4) is 0 Å². The molecule has 1 atom stereocenters. The van der Waals surface area contributed by atoms with E-state index in [2.05, 4.69) is 59.3 Å². The van der Waals surface area contributed by atoms with Gasteiger partial charge in [0, 0.05) is 0 Å². The number of benzene rings is 2. The molecule has 2 rings (SSSR count). The smallest absolute Gasteiger partial charge is 0.120 e. The fourth-order valence-corrected chi connectivity index (χ4v) is 2.94. The van der Waals surface area contributed by atoms with E-state index in [0.29, 0.717) is 0 Å². The normalized spacial score (nSPS) is 12.4. The Bertz CT molecular complexity index is 560. The van der Waals surface area contributed by atoms with Crippen LogP contribution in [-0.2, 0) is 6.42 Å². The highest BCUT2D eigenvalue weighted by Crippen LogP contribution is 2.32. The van der Waals surface area contributed by atoms with Gasteiger partial charge in [-0.25, -0.2) is 0 Å². The molecule has 0 saturated heterocycles. The first-order valence-electron chi connectivity index (χ1n) is 7.59. The van der Waals surface area contributed by atoms with Gasteiger partial charge in [-0.3, -0.25) is 0 Å². The lowest BCUT2D eigenvalue weighted by atomic mass is 10.0. The molecule has 0 heterocycles. The van der Waals surface area contributed by atoms with Crippen molar-refractivity contribution in [3.63, 3.8) is 0 Å². The van der Waals surface area contributed by atoms with E-state index in [0.717, 1.165) is 12.2 Å². The molecule has 0 amide bonds. The quantitative estimate of drug-likeness (QED) is 0.590. The molecule has 0 fully saturated rings. The molecule has 0 N–H and O–H groups in total. The van der Waals surface area contributed by atoms with Gasteiger partial charge in [0.05, 0.1) is 10.9 Å². The molecule has 0 aliphatic heterocycles. The van der Waals surface area contributed by atoms with Crippen LogP contribution in [0.5, 0.6) is 5.75 Å². The van der Waals surface area contributed by atoms with Gasteiger partial charge in [0.2, 0.25) is 0 Å². The Hall–Kier alpha value is -1.28. The highest BCUT2D eigenvalue weighted by Gasteiger charge is 2.11. The van der Waals surface area contributed by atoms with Gasteiger partial charge in [-0.05, 0) is 49.1 Å². The number of halogens is 1. The van der Waals surface area contributed by atoms with E-state index in [1.807, 2.05) is 26.0 Å². The summed E-state index contributed by atoms with van der Waals surface area (Å²) in [6, 6.07) is 17.2. The summed E-state index contributed by atoms with van der Waals surface area (Å²) >= 11 is 3.80. The zero-order chi connectivity index (χ0) is 15.2. The summed E-state index contributed by atoms with van der Waals surface area (Å²) in [7, 11) is 0. The Labute approximate surface area is 136 Å². The Balaban J connectivity index is 2.16. The van der Waals surface area contributed by atoms with Gasteiger partial charge in [-0.2, -0.15) is 0 Å². The lowest BCUT2D eigenvalue weighted by Gasteiger charge is -2.15. The molecule has 21 heavy (non-hydrogen) atoms. The number of hydrogen-bond donors (Lipinski definition) is 0. The molecule has 2 heteroatoms. The minimum Gasteiger partial charge on any atom is -0.491 e. The molecule has 1 unspecified atom stereocenters. The summed E-state index contributed by atoms with van der Waals surface area (Å²) in [6.45, 7) is 6.30. The maximum absolute atomic E-state index is 5.77. The van der Waals surface area contributed by atoms with Crippen LogP contribution >= 0.6 is 15.9 Å². The third-order valence-electron chi connectivity index (χ3n) is 3.33. The maximum atomic E-state index is 5.77. The van der Waals surface area contributed by atoms with Gasteiger partial charge >= 0.3 is 0 Å². The number of rotatable bonds is 6. The van der Waals surface area contributed by atoms with Gasteiger partial charge in [0.1, 0.15) is 5.75 Å². The average Bonchev–Trinajstić information content (AvgIpc) is 2.47. The predicted octanol–water partition coefficient (Wildman–Crippen LogP) is 5.91. The van der Waals surface area contributed by atoms with Crippen molar-refractivity contribution in [2.45, 2.75) is 44.5 Å². The van der Waals surface area contributed by atoms with E-state index >= 15 is 0 Å². The topological polar surface area (TPSA) is 9.23 Å². The monoisotopic (exact) mass is 346 g/mol. The van der Waals surface area contributed by atoms with Crippen LogP contribution in [0.1, 0.15) is 48.7 Å². The first kappa shape index (κ1) is 16.1. The molecule has 1 nitrogen and oxygen atoms in total. The van der Waals surface area contributed by atoms with Gasteiger partial charge in [-0.15, -0.1) is 0 Å². The molecule has 0 aromatic heterocycles. The molecule has 2 aromatic carbocycles. The molecule has 2 aromatic rings. The van der Waals surface area contributed by atoms with E-state index < -0.39 is 0 Å². The van der Waals surface area contributed by atoms with Crippen LogP contribution in [0.2, 0.25) is 0 Å². The third kappa shape index (κ3) is 4.60. The Morgan fingerprint density at radius 1 is 1.00 bits per heavy atom. The Morgan fingerprint density at radius 2 is 1.71 bits per heavy atom. The predicted molar refractivity (Wildman–Crippen MR) is 93.4 cm³/mol. The van der Waals surface area contributed by atoms with Gasteiger partial charge < -0.3 is 4.74 Å². The molecule has 0 spiro atoms. The summed E-state index contributed by atoms with van der Waals surface area (Å²) in [5.74, 6) is 0.926. The molecular formula is C19H23BrO. The maximum Gasteiger partial charge on any atom is 0.120 e. The lowest BCUT2D eigenvalue weighted by Crippen LogP contribution is -2.05. The van der Waals surface area contributed by atoms with Crippen molar-refractivity contribution in [2.24, 2.45) is 0 Å². The number of alkyl halides is 1. The molecule has 0 bridgehead atoms. The molecule has 112 valence electrons. The second kappa shape index (κ2) is 7.65. The Kier molecular flexibility index (Phi) is 5.86. The van der Waals surface area contributed by atoms with Crippen molar-refractivity contribution in [3.8, 4) is 5.75 Å². The van der Waals surface area contributed by atoms with Gasteiger partial charge in [0.15, 0.2) is 0 Å². The second-order valence-electron chi connectivity index (χ2n) is 5.59. The van der Waals surface area contributed by atoms with E-state index in [4.69, 9.17) is 4.74 Å². The van der Waals surface area contributed by atoms with Crippen LogP contribution < -0.4 is 4.74 Å². The largest absolute Gasteiger partial charge is 0.491 e. The fourth-order valence-electron chi connectivity index (χ4n) is 2.35. The van der Waals surface area contributed by atoms with E-state index in [1.165, 1.54) is 23.1 Å². The van der Waals surface area contributed by atoms with Crippen LogP contribution in [-0.4, -0.2) is 6.10 Å². The molecule has 0 aliphatic rings. The summed E-state index contributed by atoms with van der Waals surface area (Å²) in [5.41, 5.74) is 3.89. The van der Waals surface area contributed by atoms with Crippen LogP contribution in [0.25, 0.3) is 0 Å². The summed E-state index contributed by atoms with van der Waals surface area (Å²) in [6.07, 6.45) is 2.53.